The topological polar surface area (TPSA) is 26.3 Å². The fourth-order valence-electron chi connectivity index (χ4n) is 1.63. The third kappa shape index (κ3) is 2.78. The molecule has 0 spiro atoms. The van der Waals surface area contributed by atoms with Gasteiger partial charge in [-0.2, -0.15) is 13.2 Å². The molecule has 1 aromatic heterocycles. The van der Waals surface area contributed by atoms with Crippen molar-refractivity contribution in [3.63, 3.8) is 0 Å². The highest BCUT2D eigenvalue weighted by molar-refractivity contribution is 7.14. The molecule has 19 heavy (non-hydrogen) atoms. The second kappa shape index (κ2) is 5.05. The predicted octanol–water partition coefficient (Wildman–Crippen LogP) is 4.22. The minimum absolute atomic E-state index is 0.00139. The van der Waals surface area contributed by atoms with Crippen molar-refractivity contribution in [2.24, 2.45) is 0 Å². The summed E-state index contributed by atoms with van der Waals surface area (Å²) in [5.74, 6) is -0.766. The number of alkyl halides is 3. The molecule has 1 aromatic carbocycles. The van der Waals surface area contributed by atoms with Crippen LogP contribution in [0.25, 0.3) is 11.1 Å². The Balaban J connectivity index is 2.59. The molecule has 0 unspecified atom stereocenters. The van der Waals surface area contributed by atoms with E-state index in [2.05, 4.69) is 4.74 Å². The van der Waals surface area contributed by atoms with Crippen molar-refractivity contribution in [1.29, 1.82) is 0 Å². The summed E-state index contributed by atoms with van der Waals surface area (Å²) in [4.78, 5) is 10.5. The average Bonchev–Trinajstić information content (AvgIpc) is 2.84. The van der Waals surface area contributed by atoms with Crippen LogP contribution >= 0.6 is 11.3 Å². The average molecular weight is 286 g/mol. The molecule has 0 atom stereocenters. The highest BCUT2D eigenvalue weighted by atomic mass is 32.1. The number of methoxy groups -OCH3 is 1. The number of carbonyl (C=O) groups excluding carboxylic acids is 1. The van der Waals surface area contributed by atoms with E-state index in [0.717, 1.165) is 7.11 Å². The number of ether oxygens (including phenoxy) is 1. The van der Waals surface area contributed by atoms with E-state index in [9.17, 15) is 18.0 Å². The summed E-state index contributed by atoms with van der Waals surface area (Å²) in [5, 5.41) is 0. The summed E-state index contributed by atoms with van der Waals surface area (Å²) in [7, 11) is 1.14. The van der Waals surface area contributed by atoms with E-state index in [1.807, 2.05) is 0 Å². The third-order valence-electron chi connectivity index (χ3n) is 2.46. The molecule has 0 bridgehead atoms. The summed E-state index contributed by atoms with van der Waals surface area (Å²) in [5.41, 5.74) is 0.416. The molecule has 1 heterocycles. The van der Waals surface area contributed by atoms with Crippen molar-refractivity contribution in [2.75, 3.05) is 7.11 Å². The van der Waals surface area contributed by atoms with Gasteiger partial charge in [0, 0.05) is 5.56 Å². The number of hydrogen-bond donors (Lipinski definition) is 0. The van der Waals surface area contributed by atoms with Gasteiger partial charge in [0.2, 0.25) is 0 Å². The van der Waals surface area contributed by atoms with Gasteiger partial charge in [0.25, 0.3) is 0 Å². The van der Waals surface area contributed by atoms with Gasteiger partial charge in [0.1, 0.15) is 9.75 Å². The molecule has 0 radical (unpaired) electrons. The summed E-state index contributed by atoms with van der Waals surface area (Å²) < 4.78 is 43.4. The van der Waals surface area contributed by atoms with Gasteiger partial charge in [-0.25, -0.2) is 4.79 Å². The van der Waals surface area contributed by atoms with Gasteiger partial charge in [-0.3, -0.25) is 0 Å². The van der Waals surface area contributed by atoms with Gasteiger partial charge >= 0.3 is 12.1 Å². The van der Waals surface area contributed by atoms with Gasteiger partial charge in [0.05, 0.1) is 7.11 Å². The second-order valence-electron chi connectivity index (χ2n) is 3.71. The monoisotopic (exact) mass is 286 g/mol. The first kappa shape index (κ1) is 13.6. The maximum Gasteiger partial charge on any atom is 0.426 e. The van der Waals surface area contributed by atoms with Crippen LogP contribution in [-0.2, 0) is 10.9 Å². The first-order chi connectivity index (χ1) is 8.93. The Morgan fingerprint density at radius 1 is 1.21 bits per heavy atom. The Hall–Kier alpha value is -1.82. The van der Waals surface area contributed by atoms with Gasteiger partial charge in [-0.05, 0) is 11.6 Å². The van der Waals surface area contributed by atoms with Crippen molar-refractivity contribution < 1.29 is 22.7 Å². The van der Waals surface area contributed by atoms with Crippen LogP contribution < -0.4 is 0 Å². The van der Waals surface area contributed by atoms with Crippen molar-refractivity contribution >= 4 is 17.3 Å². The van der Waals surface area contributed by atoms with E-state index in [1.54, 1.807) is 30.3 Å². The van der Waals surface area contributed by atoms with Gasteiger partial charge in [0.15, 0.2) is 0 Å². The zero-order chi connectivity index (χ0) is 14.0. The third-order valence-corrected chi connectivity index (χ3v) is 3.62. The first-order valence-electron chi connectivity index (χ1n) is 5.28. The van der Waals surface area contributed by atoms with Gasteiger partial charge < -0.3 is 4.74 Å². The fraction of sp³-hybridized carbons (Fsp3) is 0.154. The smallest absolute Gasteiger partial charge is 0.426 e. The van der Waals surface area contributed by atoms with E-state index < -0.39 is 17.0 Å². The van der Waals surface area contributed by atoms with E-state index in [1.165, 1.54) is 6.07 Å². The van der Waals surface area contributed by atoms with Crippen molar-refractivity contribution in [3.05, 3.63) is 46.2 Å². The largest absolute Gasteiger partial charge is 0.465 e. The molecule has 0 N–H and O–H groups in total. The molecule has 0 aliphatic heterocycles. The highest BCUT2D eigenvalue weighted by Gasteiger charge is 2.37. The Kier molecular flexibility index (Phi) is 3.61. The van der Waals surface area contributed by atoms with Crippen molar-refractivity contribution in [2.45, 2.75) is 6.18 Å². The summed E-state index contributed by atoms with van der Waals surface area (Å²) >= 11 is 0.394. The van der Waals surface area contributed by atoms with E-state index >= 15 is 0 Å². The molecular formula is C13H9F3O2S. The normalized spacial score (nSPS) is 11.4. The lowest BCUT2D eigenvalue weighted by Gasteiger charge is -2.07. The van der Waals surface area contributed by atoms with Crippen LogP contribution in [0.1, 0.15) is 14.5 Å². The van der Waals surface area contributed by atoms with E-state index in [-0.39, 0.29) is 10.4 Å². The quantitative estimate of drug-likeness (QED) is 0.773. The predicted molar refractivity (Wildman–Crippen MR) is 66.1 cm³/mol. The number of thiophene rings is 1. The maximum atomic E-state index is 13.0. The number of benzene rings is 1. The van der Waals surface area contributed by atoms with Crippen LogP contribution in [0.4, 0.5) is 13.2 Å². The number of halogens is 3. The SMILES string of the molecule is COC(=O)c1cc(-c2ccccc2)c(C(F)(F)F)s1. The molecule has 2 rings (SSSR count). The molecular weight excluding hydrogens is 277 g/mol. The van der Waals surface area contributed by atoms with Gasteiger partial charge in [-0.15, -0.1) is 11.3 Å². The number of carbonyl (C=O) groups is 1. The molecule has 6 heteroatoms. The van der Waals surface area contributed by atoms with Crippen LogP contribution in [-0.4, -0.2) is 13.1 Å². The lowest BCUT2D eigenvalue weighted by Crippen LogP contribution is -2.03. The van der Waals surface area contributed by atoms with Crippen molar-refractivity contribution in [3.8, 4) is 11.1 Å². The Labute approximate surface area is 111 Å². The Morgan fingerprint density at radius 3 is 2.37 bits per heavy atom. The molecule has 0 fully saturated rings. The maximum absolute atomic E-state index is 13.0. The minimum Gasteiger partial charge on any atom is -0.465 e. The van der Waals surface area contributed by atoms with Crippen molar-refractivity contribution in [1.82, 2.24) is 0 Å². The zero-order valence-corrected chi connectivity index (χ0v) is 10.6. The van der Waals surface area contributed by atoms with Crippen LogP contribution in [0.3, 0.4) is 0 Å². The summed E-state index contributed by atoms with van der Waals surface area (Å²) in [6.07, 6.45) is -4.50. The molecule has 0 aliphatic rings. The lowest BCUT2D eigenvalue weighted by molar-refractivity contribution is -0.133. The summed E-state index contributed by atoms with van der Waals surface area (Å²) in [6.45, 7) is 0. The standard InChI is InChI=1S/C13H9F3O2S/c1-18-12(17)10-7-9(8-5-3-2-4-6-8)11(19-10)13(14,15)16/h2-7H,1H3. The molecule has 2 nitrogen and oxygen atoms in total. The Morgan fingerprint density at radius 2 is 1.84 bits per heavy atom. The summed E-state index contributed by atoms with van der Waals surface area (Å²) in [6, 6.07) is 9.35. The number of rotatable bonds is 2. The van der Waals surface area contributed by atoms with Crippen LogP contribution in [0.5, 0.6) is 0 Å². The van der Waals surface area contributed by atoms with Gasteiger partial charge in [-0.1, -0.05) is 30.3 Å². The first-order valence-corrected chi connectivity index (χ1v) is 6.10. The second-order valence-corrected chi connectivity index (χ2v) is 4.76. The molecule has 0 saturated heterocycles. The number of esters is 1. The fourth-order valence-corrected chi connectivity index (χ4v) is 2.60. The molecule has 100 valence electrons. The van der Waals surface area contributed by atoms with Crippen LogP contribution in [0.2, 0.25) is 0 Å². The minimum atomic E-state index is -4.50. The molecule has 0 aliphatic carbocycles. The Bertz CT molecular complexity index is 588. The molecule has 0 saturated carbocycles. The molecule has 2 aromatic rings. The van der Waals surface area contributed by atoms with E-state index in [0.29, 0.717) is 16.9 Å². The number of hydrogen-bond acceptors (Lipinski definition) is 3. The highest BCUT2D eigenvalue weighted by Crippen LogP contribution is 2.42. The zero-order valence-electron chi connectivity index (χ0n) is 9.82. The van der Waals surface area contributed by atoms with Crippen LogP contribution in [0.15, 0.2) is 36.4 Å². The van der Waals surface area contributed by atoms with Crippen LogP contribution in [0, 0.1) is 0 Å². The lowest BCUT2D eigenvalue weighted by atomic mass is 10.1. The van der Waals surface area contributed by atoms with E-state index in [4.69, 9.17) is 0 Å². The molecule has 0 amide bonds.